The summed E-state index contributed by atoms with van der Waals surface area (Å²) in [6.07, 6.45) is -0.0117. The van der Waals surface area contributed by atoms with Gasteiger partial charge in [-0.2, -0.15) is 0 Å². The first-order valence-electron chi connectivity index (χ1n) is 10.7. The highest BCUT2D eigenvalue weighted by atomic mass is 16.5. The van der Waals surface area contributed by atoms with E-state index in [1.165, 1.54) is 19.9 Å². The van der Waals surface area contributed by atoms with Crippen LogP contribution in [0.1, 0.15) is 67.5 Å². The Hall–Kier alpha value is -2.74. The minimum Gasteiger partial charge on any atom is -0.480 e. The molecule has 1 aromatic heterocycles. The number of carboxylic acid groups (broad SMARTS) is 1. The minimum absolute atomic E-state index is 0.0107. The van der Waals surface area contributed by atoms with Gasteiger partial charge in [-0.1, -0.05) is 26.3 Å². The second-order valence-corrected chi connectivity index (χ2v) is 8.56. The number of carboxylic acids is 1. The fourth-order valence-corrected chi connectivity index (χ4v) is 3.49. The summed E-state index contributed by atoms with van der Waals surface area (Å²) in [5, 5.41) is 52.2. The van der Waals surface area contributed by atoms with Crippen molar-refractivity contribution >= 4 is 23.8 Å². The van der Waals surface area contributed by atoms with Gasteiger partial charge in [0.15, 0.2) is 5.78 Å². The molecule has 12 heteroatoms. The van der Waals surface area contributed by atoms with Crippen LogP contribution in [-0.4, -0.2) is 72.0 Å². The Morgan fingerprint density at radius 1 is 1.12 bits per heavy atom. The highest BCUT2D eigenvalue weighted by Gasteiger charge is 2.59. The first-order valence-corrected chi connectivity index (χ1v) is 10.7. The van der Waals surface area contributed by atoms with Crippen molar-refractivity contribution in [1.29, 1.82) is 0 Å². The number of aromatic nitrogens is 1. The van der Waals surface area contributed by atoms with Crippen molar-refractivity contribution in [3.05, 3.63) is 34.7 Å². The molecule has 1 heterocycles. The lowest BCUT2D eigenvalue weighted by Crippen LogP contribution is -2.63. The molecule has 12 nitrogen and oxygen atoms in total. The second-order valence-electron chi connectivity index (χ2n) is 8.56. The Labute approximate surface area is 195 Å². The van der Waals surface area contributed by atoms with Gasteiger partial charge >= 0.3 is 11.9 Å². The monoisotopic (exact) mass is 481 g/mol. The Balaban J connectivity index is 2.60. The van der Waals surface area contributed by atoms with Crippen molar-refractivity contribution in [1.82, 2.24) is 4.98 Å². The van der Waals surface area contributed by atoms with Gasteiger partial charge in [0.2, 0.25) is 11.4 Å². The molecule has 0 spiro atoms. The molecule has 0 radical (unpaired) electrons. The maximum Gasteiger partial charge on any atom is 0.357 e. The van der Waals surface area contributed by atoms with Crippen LogP contribution in [0.2, 0.25) is 0 Å². The Kier molecular flexibility index (Phi) is 7.98. The van der Waals surface area contributed by atoms with Crippen molar-refractivity contribution in [3.8, 4) is 0 Å². The number of ether oxygens (including phenoxy) is 1. The molecule has 1 aliphatic carbocycles. The van der Waals surface area contributed by atoms with Gasteiger partial charge in [-0.05, 0) is 37.5 Å². The van der Waals surface area contributed by atoms with Gasteiger partial charge in [0.1, 0.15) is 23.5 Å². The van der Waals surface area contributed by atoms with E-state index < -0.39 is 70.7 Å². The molecule has 2 rings (SSSR count). The Morgan fingerprint density at radius 2 is 1.71 bits per heavy atom. The maximum atomic E-state index is 13.0. The highest BCUT2D eigenvalue weighted by molar-refractivity contribution is 5.97. The molecule has 0 aromatic carbocycles. The quantitative estimate of drug-likeness (QED) is 0.165. The van der Waals surface area contributed by atoms with Gasteiger partial charge < -0.3 is 41.7 Å². The Bertz CT molecular complexity index is 1010. The number of aliphatic carboxylic acids is 1. The van der Waals surface area contributed by atoms with Gasteiger partial charge in [0.25, 0.3) is 0 Å². The SMILES string of the molecule is CC[C@H](C)[C@H](N)C(=O)C1(O)C=Cc2c(C(C)O)cc(C(=O)O[C@H](C)[C@H](N)C(=O)O)nc2C1(O)O. The molecule has 1 aliphatic rings. The van der Waals surface area contributed by atoms with E-state index in [0.717, 1.165) is 12.1 Å². The van der Waals surface area contributed by atoms with Crippen molar-refractivity contribution in [2.75, 3.05) is 0 Å². The summed E-state index contributed by atoms with van der Waals surface area (Å²) in [5.41, 5.74) is 7.20. The lowest BCUT2D eigenvalue weighted by Gasteiger charge is -2.41. The lowest BCUT2D eigenvalue weighted by molar-refractivity contribution is -0.261. The zero-order valence-electron chi connectivity index (χ0n) is 19.3. The third kappa shape index (κ3) is 4.73. The summed E-state index contributed by atoms with van der Waals surface area (Å²) in [6.45, 7) is 6.00. The molecule has 0 fully saturated rings. The number of esters is 1. The van der Waals surface area contributed by atoms with Crippen molar-refractivity contribution < 1.29 is 44.7 Å². The van der Waals surface area contributed by atoms with Crippen molar-refractivity contribution in [2.24, 2.45) is 17.4 Å². The van der Waals surface area contributed by atoms with E-state index in [1.807, 2.05) is 0 Å². The van der Waals surface area contributed by atoms with Crippen LogP contribution in [0.4, 0.5) is 0 Å². The number of aliphatic hydroxyl groups excluding tert-OH is 1. The summed E-state index contributed by atoms with van der Waals surface area (Å²) in [5.74, 6) is -7.40. The van der Waals surface area contributed by atoms with Crippen LogP contribution in [0.3, 0.4) is 0 Å². The average molecular weight is 482 g/mol. The van der Waals surface area contributed by atoms with Gasteiger partial charge in [0.05, 0.1) is 12.1 Å². The first-order chi connectivity index (χ1) is 15.6. The topological polar surface area (TPSA) is 227 Å². The number of fused-ring (bicyclic) bond motifs is 1. The molecular formula is C22H31N3O9. The number of carbonyl (C=O) groups is 3. The number of aliphatic hydroxyl groups is 4. The summed E-state index contributed by atoms with van der Waals surface area (Å²) in [4.78, 5) is 40.5. The number of nitrogens with two attached hydrogens (primary N) is 2. The summed E-state index contributed by atoms with van der Waals surface area (Å²) in [6, 6.07) is -1.68. The molecule has 6 atom stereocenters. The largest absolute Gasteiger partial charge is 0.480 e. The number of Topliss-reactive ketones (excluding diaryl/α,β-unsaturated/α-hetero) is 1. The van der Waals surface area contributed by atoms with Crippen LogP contribution in [0.5, 0.6) is 0 Å². The Morgan fingerprint density at radius 3 is 2.21 bits per heavy atom. The van der Waals surface area contributed by atoms with Gasteiger partial charge in [-0.3, -0.25) is 9.59 Å². The standard InChI is InChI=1S/C22H31N3O9/c1-5-9(2)15(23)18(27)21(31)7-6-12-13(10(3)26)8-14(25-17(12)22(21,32)33)20(30)34-11(4)16(24)19(28)29/h6-11,15-16,26,31-33H,5,23-24H2,1-4H3,(H,28,29)/t9-,10?,11+,15-,16-,21?/m0/s1. The third-order valence-corrected chi connectivity index (χ3v) is 6.12. The van der Waals surface area contributed by atoms with E-state index in [0.29, 0.717) is 6.42 Å². The molecule has 0 amide bonds. The third-order valence-electron chi connectivity index (χ3n) is 6.12. The number of nitrogens with zero attached hydrogens (tertiary/aromatic N) is 1. The fraction of sp³-hybridized carbons (Fsp3) is 0.545. The fourth-order valence-electron chi connectivity index (χ4n) is 3.49. The van der Waals surface area contributed by atoms with Gasteiger partial charge in [-0.25, -0.2) is 9.78 Å². The first kappa shape index (κ1) is 27.5. The number of rotatable bonds is 9. The van der Waals surface area contributed by atoms with E-state index in [4.69, 9.17) is 21.3 Å². The lowest BCUT2D eigenvalue weighted by atomic mass is 9.74. The highest BCUT2D eigenvalue weighted by Crippen LogP contribution is 2.42. The average Bonchev–Trinajstić information content (AvgIpc) is 2.78. The van der Waals surface area contributed by atoms with Crippen molar-refractivity contribution in [3.63, 3.8) is 0 Å². The molecule has 0 aliphatic heterocycles. The van der Waals surface area contributed by atoms with E-state index in [2.05, 4.69) is 4.98 Å². The minimum atomic E-state index is -3.33. The van der Waals surface area contributed by atoms with Gasteiger partial charge in [-0.15, -0.1) is 0 Å². The number of hydrogen-bond donors (Lipinski definition) is 7. The van der Waals surface area contributed by atoms with Crippen molar-refractivity contribution in [2.45, 2.75) is 69.8 Å². The number of pyridine rings is 1. The van der Waals surface area contributed by atoms with Crippen LogP contribution in [0, 0.1) is 5.92 Å². The molecule has 1 aromatic rings. The normalized spacial score (nSPS) is 23.2. The second kappa shape index (κ2) is 9.86. The number of hydrogen-bond acceptors (Lipinski definition) is 11. The zero-order chi connectivity index (χ0) is 26.2. The smallest absolute Gasteiger partial charge is 0.357 e. The molecule has 0 saturated carbocycles. The molecule has 34 heavy (non-hydrogen) atoms. The summed E-state index contributed by atoms with van der Waals surface area (Å²) in [7, 11) is 0. The van der Waals surface area contributed by atoms with Crippen LogP contribution in [0.15, 0.2) is 12.1 Å². The van der Waals surface area contributed by atoms with Crippen LogP contribution < -0.4 is 11.5 Å². The number of ketones is 1. The van der Waals surface area contributed by atoms with Crippen LogP contribution in [-0.2, 0) is 20.1 Å². The molecule has 0 bridgehead atoms. The van der Waals surface area contributed by atoms with Gasteiger partial charge in [0, 0.05) is 5.56 Å². The maximum absolute atomic E-state index is 13.0. The summed E-state index contributed by atoms with van der Waals surface area (Å²) < 4.78 is 5.02. The molecule has 2 unspecified atom stereocenters. The van der Waals surface area contributed by atoms with Crippen LogP contribution in [0.25, 0.3) is 6.08 Å². The molecule has 9 N–H and O–H groups in total. The molecular weight excluding hydrogens is 450 g/mol. The molecule has 0 saturated heterocycles. The van der Waals surface area contributed by atoms with E-state index in [9.17, 15) is 34.8 Å². The zero-order valence-corrected chi connectivity index (χ0v) is 19.3. The summed E-state index contributed by atoms with van der Waals surface area (Å²) >= 11 is 0. The predicted molar refractivity (Wildman–Crippen MR) is 118 cm³/mol. The van der Waals surface area contributed by atoms with E-state index in [-0.39, 0.29) is 11.1 Å². The molecule has 188 valence electrons. The predicted octanol–water partition coefficient (Wildman–Crippen LogP) is -1.07. The number of carbonyl (C=O) groups excluding carboxylic acids is 2. The van der Waals surface area contributed by atoms with E-state index >= 15 is 0 Å². The van der Waals surface area contributed by atoms with E-state index in [1.54, 1.807) is 13.8 Å². The van der Waals surface area contributed by atoms with Crippen LogP contribution >= 0.6 is 0 Å².